The molecule has 13 nitrogen and oxygen atoms in total. The van der Waals surface area contributed by atoms with Gasteiger partial charge in [0, 0.05) is 70.8 Å². The number of anilines is 2. The Kier molecular flexibility index (Phi) is 15.8. The first-order valence-corrected chi connectivity index (χ1v) is 26.8. The van der Waals surface area contributed by atoms with Crippen molar-refractivity contribution in [1.82, 2.24) is 19.9 Å². The summed E-state index contributed by atoms with van der Waals surface area (Å²) in [6.45, 7) is 3.51. The van der Waals surface area contributed by atoms with Gasteiger partial charge in [-0.25, -0.2) is 44.4 Å². The number of carbonyl (C=O) groups is 1. The number of hydrogen-bond donors (Lipinski definition) is 4. The highest BCUT2D eigenvalue weighted by molar-refractivity contribution is 7.91. The number of aromatic nitrogens is 4. The number of piperidine rings is 2. The third-order valence-corrected chi connectivity index (χ3v) is 17.3. The third kappa shape index (κ3) is 11.6. The van der Waals surface area contributed by atoms with Crippen molar-refractivity contribution in [3.63, 3.8) is 0 Å². The van der Waals surface area contributed by atoms with Crippen molar-refractivity contribution in [2.75, 3.05) is 54.1 Å². The van der Waals surface area contributed by atoms with Gasteiger partial charge in [0.15, 0.2) is 19.7 Å². The normalized spacial score (nSPS) is 17.1. The fraction of sp³-hybridized carbons (Fsp3) is 0.413. The van der Waals surface area contributed by atoms with Crippen LogP contribution in [0.2, 0.25) is 20.1 Å². The van der Waals surface area contributed by atoms with Gasteiger partial charge in [-0.05, 0) is 53.9 Å². The molecule has 0 bridgehead atoms. The molecule has 2 unspecified atom stereocenters. The van der Waals surface area contributed by atoms with Crippen molar-refractivity contribution in [3.8, 4) is 0 Å². The van der Waals surface area contributed by atoms with E-state index in [9.17, 15) is 44.3 Å². The molecule has 0 aliphatic carbocycles. The van der Waals surface area contributed by atoms with Crippen LogP contribution in [0, 0.1) is 0 Å². The number of halogens is 8. The van der Waals surface area contributed by atoms with Gasteiger partial charge in [0.1, 0.15) is 22.7 Å². The lowest BCUT2D eigenvalue weighted by Gasteiger charge is -2.34. The number of amides is 1. The summed E-state index contributed by atoms with van der Waals surface area (Å²) in [6.07, 6.45) is -0.877. The molecule has 8 rings (SSSR count). The van der Waals surface area contributed by atoms with Gasteiger partial charge in [-0.3, -0.25) is 4.79 Å². The van der Waals surface area contributed by atoms with Crippen molar-refractivity contribution in [3.05, 3.63) is 104 Å². The zero-order chi connectivity index (χ0) is 50.2. The molecule has 0 saturated carbocycles. The number of imidazole rings is 2. The monoisotopic (exact) mass is 1080 g/mol. The van der Waals surface area contributed by atoms with Gasteiger partial charge in [0.2, 0.25) is 5.91 Å². The maximum atomic E-state index is 13.6. The highest BCUT2D eigenvalue weighted by Gasteiger charge is 2.37. The number of aromatic amines is 2. The number of hydrogen-bond acceptors (Lipinski definition) is 10. The van der Waals surface area contributed by atoms with Crippen LogP contribution in [-0.4, -0.2) is 104 Å². The van der Waals surface area contributed by atoms with E-state index in [1.165, 1.54) is 12.1 Å². The molecule has 5 N–H and O–H groups in total. The number of nitrogens with zero attached hydrogens (tertiary/aromatic N) is 4. The average Bonchev–Trinajstić information content (AvgIpc) is 3.93. The first-order valence-electron chi connectivity index (χ1n) is 22.0. The Bertz CT molecular complexity index is 3070. The summed E-state index contributed by atoms with van der Waals surface area (Å²) in [4.78, 5) is 31.4. The van der Waals surface area contributed by atoms with Gasteiger partial charge >= 0.3 is 0 Å². The lowest BCUT2D eigenvalue weighted by atomic mass is 9.95. The molecule has 2 aliphatic rings. The van der Waals surface area contributed by atoms with Crippen LogP contribution in [0.5, 0.6) is 0 Å². The van der Waals surface area contributed by atoms with Crippen LogP contribution >= 0.6 is 46.4 Å². The fourth-order valence-electron chi connectivity index (χ4n) is 8.52. The molecule has 2 fully saturated rings. The SMILES string of the molecule is CCS(=O)(=O)c1ccc(C(CC(N)=O)c2nc3c(Cl)c(N4CCC(F)(F)CC4)c(Cl)cc3[nH]2)cc1.CCS(=O)(=O)c1ccc(C(CCO)c2nc3c(Cl)c(N4CCC(F)(F)CC4)c(Cl)cc3[nH]2)cc1. The second kappa shape index (κ2) is 20.8. The number of fused-ring (bicyclic) bond motifs is 2. The lowest BCUT2D eigenvalue weighted by molar-refractivity contribution is -0.118. The molecular weight excluding hydrogens is 1030 g/mol. The summed E-state index contributed by atoms with van der Waals surface area (Å²) in [5, 5.41) is 10.8. The van der Waals surface area contributed by atoms with E-state index in [-0.39, 0.29) is 102 Å². The van der Waals surface area contributed by atoms with Crippen molar-refractivity contribution in [2.24, 2.45) is 5.73 Å². The Morgan fingerprint density at radius 1 is 0.681 bits per heavy atom. The van der Waals surface area contributed by atoms with Crippen LogP contribution in [0.3, 0.4) is 0 Å². The number of carbonyl (C=O) groups excluding carboxylic acids is 1. The topological polar surface area (TPSA) is 195 Å². The Balaban J connectivity index is 0.000000204. The molecule has 4 heterocycles. The molecule has 6 aromatic rings. The number of aliphatic hydroxyl groups excluding tert-OH is 1. The first-order chi connectivity index (χ1) is 32.5. The molecule has 23 heteroatoms. The number of aliphatic hydroxyl groups is 1. The number of alkyl halides is 4. The van der Waals surface area contributed by atoms with E-state index >= 15 is 0 Å². The maximum absolute atomic E-state index is 13.6. The molecule has 4 aromatic carbocycles. The maximum Gasteiger partial charge on any atom is 0.251 e. The number of rotatable bonds is 14. The lowest BCUT2D eigenvalue weighted by Crippen LogP contribution is -2.39. The molecule has 2 saturated heterocycles. The summed E-state index contributed by atoms with van der Waals surface area (Å²) in [5.41, 5.74) is 9.78. The number of benzene rings is 4. The van der Waals surface area contributed by atoms with Crippen LogP contribution < -0.4 is 15.5 Å². The van der Waals surface area contributed by atoms with Crippen LogP contribution in [0.4, 0.5) is 28.9 Å². The highest BCUT2D eigenvalue weighted by atomic mass is 35.5. The Morgan fingerprint density at radius 3 is 1.39 bits per heavy atom. The van der Waals surface area contributed by atoms with E-state index < -0.39 is 43.3 Å². The predicted molar refractivity (Wildman–Crippen MR) is 263 cm³/mol. The smallest absolute Gasteiger partial charge is 0.251 e. The second-order valence-corrected chi connectivity index (χ2v) is 23.1. The summed E-state index contributed by atoms with van der Waals surface area (Å²) in [5.74, 6) is -6.01. The largest absolute Gasteiger partial charge is 0.396 e. The molecule has 2 aromatic heterocycles. The number of primary amides is 1. The van der Waals surface area contributed by atoms with Crippen molar-refractivity contribution >= 4 is 105 Å². The van der Waals surface area contributed by atoms with E-state index in [2.05, 4.69) is 19.9 Å². The van der Waals surface area contributed by atoms with E-state index in [1.807, 2.05) is 0 Å². The van der Waals surface area contributed by atoms with Crippen molar-refractivity contribution < 1.29 is 44.3 Å². The first kappa shape index (κ1) is 52.5. The van der Waals surface area contributed by atoms with Gasteiger partial charge in [-0.1, -0.05) is 84.5 Å². The standard InChI is InChI=1S/C23H24Cl2F2N4O3S.C23H25Cl2F2N3O3S/c1-2-35(33,34)14-5-3-13(4-6-14)15(11-18(28)32)22-29-17-12-16(24)21(19(25)20(17)30-22)31-9-7-23(26,27)8-10-31;1-2-34(32,33)15-5-3-14(4-6-15)16(7-12-31)22-28-18-13-17(24)21(19(25)20(18)29-22)30-10-8-23(26,27)9-11-30/h3-6,12,15H,2,7-11H2,1H3,(H2,28,32)(H,29,30);3-6,13,16,31H,2,7-12H2,1H3,(H,28,29). The van der Waals surface area contributed by atoms with Crippen LogP contribution in [0.15, 0.2) is 70.5 Å². The van der Waals surface area contributed by atoms with E-state index in [0.29, 0.717) is 67.1 Å². The fourth-order valence-corrected chi connectivity index (χ4v) is 11.8. The molecule has 69 heavy (non-hydrogen) atoms. The number of nitrogens with one attached hydrogen (secondary N) is 2. The van der Waals surface area contributed by atoms with Crippen LogP contribution in [0.1, 0.15) is 87.0 Å². The van der Waals surface area contributed by atoms with E-state index in [1.54, 1.807) is 72.2 Å². The zero-order valence-corrected chi connectivity index (χ0v) is 42.0. The second-order valence-electron chi connectivity index (χ2n) is 17.0. The summed E-state index contributed by atoms with van der Waals surface area (Å²) >= 11 is 26.3. The summed E-state index contributed by atoms with van der Waals surface area (Å²) in [6, 6.07) is 16.0. The van der Waals surface area contributed by atoms with Crippen LogP contribution in [0.25, 0.3) is 22.1 Å². The van der Waals surface area contributed by atoms with Gasteiger partial charge < -0.3 is 30.6 Å². The minimum Gasteiger partial charge on any atom is -0.396 e. The molecule has 372 valence electrons. The predicted octanol–water partition coefficient (Wildman–Crippen LogP) is 10.3. The van der Waals surface area contributed by atoms with Crippen LogP contribution in [-0.2, 0) is 24.5 Å². The Labute approximate surface area is 416 Å². The quantitative estimate of drug-likeness (QED) is 0.0762. The van der Waals surface area contributed by atoms with Crippen molar-refractivity contribution in [2.45, 2.75) is 85.8 Å². The molecule has 0 spiro atoms. The average molecular weight is 1080 g/mol. The number of H-pyrrole nitrogens is 2. The zero-order valence-electron chi connectivity index (χ0n) is 37.3. The highest BCUT2D eigenvalue weighted by Crippen LogP contribution is 2.44. The van der Waals surface area contributed by atoms with E-state index in [0.717, 1.165) is 5.56 Å². The third-order valence-electron chi connectivity index (χ3n) is 12.5. The molecule has 2 atom stereocenters. The summed E-state index contributed by atoms with van der Waals surface area (Å²) < 4.78 is 103. The molecule has 0 radical (unpaired) electrons. The minimum atomic E-state index is -3.38. The minimum absolute atomic E-state index is 0.00619. The number of sulfone groups is 2. The molecule has 2 aliphatic heterocycles. The van der Waals surface area contributed by atoms with Gasteiger partial charge in [0.25, 0.3) is 11.8 Å². The number of nitrogens with two attached hydrogens (primary N) is 1. The van der Waals surface area contributed by atoms with E-state index in [4.69, 9.17) is 52.1 Å². The molecule has 1 amide bonds. The summed E-state index contributed by atoms with van der Waals surface area (Å²) in [7, 11) is -6.71. The van der Waals surface area contributed by atoms with Gasteiger partial charge in [-0.15, -0.1) is 0 Å². The Morgan fingerprint density at radius 2 is 1.04 bits per heavy atom. The van der Waals surface area contributed by atoms with Gasteiger partial charge in [-0.2, -0.15) is 0 Å². The van der Waals surface area contributed by atoms with Crippen molar-refractivity contribution in [1.29, 1.82) is 0 Å². The van der Waals surface area contributed by atoms with Gasteiger partial charge in [0.05, 0.1) is 69.7 Å². The Hall–Kier alpha value is -4.37. The molecular formula is C46H49Cl4F4N7O6S2.